The second-order valence-corrected chi connectivity index (χ2v) is 4.47. The van der Waals surface area contributed by atoms with Gasteiger partial charge in [0.1, 0.15) is 0 Å². The van der Waals surface area contributed by atoms with Gasteiger partial charge in [-0.05, 0) is 12.1 Å². The highest BCUT2D eigenvalue weighted by Crippen LogP contribution is 2.19. The quantitative estimate of drug-likeness (QED) is 0.835. The molecule has 2 aromatic rings. The van der Waals surface area contributed by atoms with E-state index in [0.717, 1.165) is 17.9 Å². The SMILES string of the molecule is COCc1ncn2c1CN(C(=O)c1ccco1)CC2. The van der Waals surface area contributed by atoms with Gasteiger partial charge in [0.25, 0.3) is 5.91 Å². The molecule has 0 bridgehead atoms. The zero-order valence-corrected chi connectivity index (χ0v) is 10.7. The monoisotopic (exact) mass is 261 g/mol. The van der Waals surface area contributed by atoms with Crippen molar-refractivity contribution in [1.82, 2.24) is 14.5 Å². The highest BCUT2D eigenvalue weighted by atomic mass is 16.5. The molecule has 0 spiro atoms. The fourth-order valence-electron chi connectivity index (χ4n) is 2.30. The van der Waals surface area contributed by atoms with Gasteiger partial charge >= 0.3 is 0 Å². The summed E-state index contributed by atoms with van der Waals surface area (Å²) >= 11 is 0. The van der Waals surface area contributed by atoms with E-state index in [1.54, 1.807) is 30.5 Å². The first-order valence-electron chi connectivity index (χ1n) is 6.14. The number of hydrogen-bond acceptors (Lipinski definition) is 4. The van der Waals surface area contributed by atoms with Crippen LogP contribution in [0.1, 0.15) is 21.9 Å². The van der Waals surface area contributed by atoms with Crippen molar-refractivity contribution in [3.8, 4) is 0 Å². The lowest BCUT2D eigenvalue weighted by atomic mass is 10.2. The number of aromatic nitrogens is 2. The van der Waals surface area contributed by atoms with Crippen LogP contribution in [-0.2, 0) is 24.4 Å². The molecule has 0 N–H and O–H groups in total. The van der Waals surface area contributed by atoms with Crippen LogP contribution in [0, 0.1) is 0 Å². The third kappa shape index (κ3) is 2.15. The smallest absolute Gasteiger partial charge is 0.289 e. The van der Waals surface area contributed by atoms with Crippen molar-refractivity contribution in [2.75, 3.05) is 13.7 Å². The van der Waals surface area contributed by atoms with E-state index < -0.39 is 0 Å². The van der Waals surface area contributed by atoms with Crippen LogP contribution in [0.25, 0.3) is 0 Å². The van der Waals surface area contributed by atoms with Gasteiger partial charge in [0, 0.05) is 20.2 Å². The zero-order valence-electron chi connectivity index (χ0n) is 10.7. The lowest BCUT2D eigenvalue weighted by molar-refractivity contribution is 0.0676. The van der Waals surface area contributed by atoms with Crippen LogP contribution in [-0.4, -0.2) is 34.0 Å². The van der Waals surface area contributed by atoms with E-state index >= 15 is 0 Å². The van der Waals surface area contributed by atoms with Crippen LogP contribution in [0.4, 0.5) is 0 Å². The summed E-state index contributed by atoms with van der Waals surface area (Å²) < 4.78 is 12.3. The number of imidazole rings is 1. The third-order valence-corrected chi connectivity index (χ3v) is 3.28. The summed E-state index contributed by atoms with van der Waals surface area (Å²) in [5, 5.41) is 0. The minimum absolute atomic E-state index is 0.0826. The molecule has 0 aromatic carbocycles. The summed E-state index contributed by atoms with van der Waals surface area (Å²) in [5.41, 5.74) is 1.92. The third-order valence-electron chi connectivity index (χ3n) is 3.28. The summed E-state index contributed by atoms with van der Waals surface area (Å²) in [6.07, 6.45) is 3.32. The Balaban J connectivity index is 1.81. The van der Waals surface area contributed by atoms with Gasteiger partial charge in [-0.2, -0.15) is 0 Å². The first-order chi connectivity index (χ1) is 9.29. The molecule has 0 atom stereocenters. The normalized spacial score (nSPS) is 14.5. The molecule has 100 valence electrons. The molecule has 1 aliphatic heterocycles. The molecule has 0 saturated carbocycles. The molecule has 6 nitrogen and oxygen atoms in total. The number of carbonyl (C=O) groups excluding carboxylic acids is 1. The Morgan fingerprint density at radius 2 is 2.42 bits per heavy atom. The molecular formula is C13H15N3O3. The zero-order chi connectivity index (χ0) is 13.2. The van der Waals surface area contributed by atoms with E-state index in [1.165, 1.54) is 6.26 Å². The first kappa shape index (κ1) is 12.0. The summed E-state index contributed by atoms with van der Waals surface area (Å²) in [7, 11) is 1.64. The number of ether oxygens (including phenoxy) is 1. The van der Waals surface area contributed by atoms with Crippen LogP contribution in [0.2, 0.25) is 0 Å². The molecule has 19 heavy (non-hydrogen) atoms. The highest BCUT2D eigenvalue weighted by Gasteiger charge is 2.25. The molecule has 3 rings (SSSR count). The molecule has 1 amide bonds. The van der Waals surface area contributed by atoms with Gasteiger partial charge in [0.15, 0.2) is 5.76 Å². The van der Waals surface area contributed by atoms with Crippen LogP contribution < -0.4 is 0 Å². The number of methoxy groups -OCH3 is 1. The number of furan rings is 1. The summed E-state index contributed by atoms with van der Waals surface area (Å²) in [5.74, 6) is 0.294. The second-order valence-electron chi connectivity index (χ2n) is 4.47. The summed E-state index contributed by atoms with van der Waals surface area (Å²) in [4.78, 5) is 18.3. The molecule has 6 heteroatoms. The Hall–Kier alpha value is -2.08. The van der Waals surface area contributed by atoms with Crippen molar-refractivity contribution in [3.63, 3.8) is 0 Å². The summed E-state index contributed by atoms with van der Waals surface area (Å²) in [6, 6.07) is 3.40. The number of rotatable bonds is 3. The molecule has 0 radical (unpaired) electrons. The van der Waals surface area contributed by atoms with Gasteiger partial charge in [-0.25, -0.2) is 4.98 Å². The standard InChI is InChI=1S/C13H15N3O3/c1-18-8-10-11-7-15(4-5-16(11)9-14-10)13(17)12-3-2-6-19-12/h2-3,6,9H,4-5,7-8H2,1H3. The van der Waals surface area contributed by atoms with E-state index in [4.69, 9.17) is 9.15 Å². The molecular weight excluding hydrogens is 246 g/mol. The van der Waals surface area contributed by atoms with Crippen LogP contribution in [0.3, 0.4) is 0 Å². The maximum absolute atomic E-state index is 12.2. The van der Waals surface area contributed by atoms with Crippen molar-refractivity contribution in [3.05, 3.63) is 41.9 Å². The van der Waals surface area contributed by atoms with Crippen molar-refractivity contribution in [2.24, 2.45) is 0 Å². The molecule has 3 heterocycles. The van der Waals surface area contributed by atoms with Gasteiger partial charge < -0.3 is 18.6 Å². The van der Waals surface area contributed by atoms with Gasteiger partial charge in [0.2, 0.25) is 0 Å². The number of nitrogens with zero attached hydrogens (tertiary/aromatic N) is 3. The van der Waals surface area contributed by atoms with Crippen molar-refractivity contribution in [1.29, 1.82) is 0 Å². The molecule has 0 fully saturated rings. The minimum Gasteiger partial charge on any atom is -0.459 e. The molecule has 0 saturated heterocycles. The average Bonchev–Trinajstić information content (AvgIpc) is 3.08. The van der Waals surface area contributed by atoms with Gasteiger partial charge in [-0.15, -0.1) is 0 Å². The van der Waals surface area contributed by atoms with Crippen molar-refractivity contribution >= 4 is 5.91 Å². The maximum atomic E-state index is 12.2. The van der Waals surface area contributed by atoms with Crippen molar-refractivity contribution < 1.29 is 13.9 Å². The van der Waals surface area contributed by atoms with E-state index in [2.05, 4.69) is 9.55 Å². The number of amides is 1. The van der Waals surface area contributed by atoms with Crippen molar-refractivity contribution in [2.45, 2.75) is 19.7 Å². The number of hydrogen-bond donors (Lipinski definition) is 0. The topological polar surface area (TPSA) is 60.5 Å². The minimum atomic E-state index is -0.0826. The Kier molecular flexibility index (Phi) is 3.08. The Morgan fingerprint density at radius 1 is 1.53 bits per heavy atom. The predicted octanol–water partition coefficient (Wildman–Crippen LogP) is 1.28. The van der Waals surface area contributed by atoms with E-state index in [1.807, 2.05) is 0 Å². The molecule has 2 aromatic heterocycles. The lowest BCUT2D eigenvalue weighted by Crippen LogP contribution is -2.38. The maximum Gasteiger partial charge on any atom is 0.289 e. The highest BCUT2D eigenvalue weighted by molar-refractivity contribution is 5.91. The Morgan fingerprint density at radius 3 is 3.16 bits per heavy atom. The van der Waals surface area contributed by atoms with Gasteiger partial charge in [-0.3, -0.25) is 4.79 Å². The van der Waals surface area contributed by atoms with Crippen LogP contribution in [0.15, 0.2) is 29.1 Å². The lowest BCUT2D eigenvalue weighted by Gasteiger charge is -2.28. The van der Waals surface area contributed by atoms with Gasteiger partial charge in [0.05, 0.1) is 37.1 Å². The predicted molar refractivity (Wildman–Crippen MR) is 66.4 cm³/mol. The number of fused-ring (bicyclic) bond motifs is 1. The fraction of sp³-hybridized carbons (Fsp3) is 0.385. The van der Waals surface area contributed by atoms with Crippen LogP contribution >= 0.6 is 0 Å². The van der Waals surface area contributed by atoms with Crippen LogP contribution in [0.5, 0.6) is 0 Å². The van der Waals surface area contributed by atoms with E-state index in [-0.39, 0.29) is 5.91 Å². The first-order valence-corrected chi connectivity index (χ1v) is 6.14. The number of carbonyl (C=O) groups is 1. The largest absolute Gasteiger partial charge is 0.459 e. The van der Waals surface area contributed by atoms with Gasteiger partial charge in [-0.1, -0.05) is 0 Å². The van der Waals surface area contributed by atoms with E-state index in [9.17, 15) is 4.79 Å². The Labute approximate surface area is 110 Å². The molecule has 0 aliphatic carbocycles. The van der Waals surface area contributed by atoms with E-state index in [0.29, 0.717) is 25.5 Å². The summed E-state index contributed by atoms with van der Waals surface area (Å²) in [6.45, 7) is 2.41. The molecule has 1 aliphatic rings. The second kappa shape index (κ2) is 4.89. The molecule has 0 unspecified atom stereocenters. The average molecular weight is 261 g/mol. The Bertz CT molecular complexity index is 574. The fourth-order valence-corrected chi connectivity index (χ4v) is 2.30.